The Morgan fingerprint density at radius 1 is 1.05 bits per heavy atom. The maximum atomic E-state index is 12.0. The summed E-state index contributed by atoms with van der Waals surface area (Å²) in [5.74, 6) is 0.432. The van der Waals surface area contributed by atoms with Gasteiger partial charge in [-0.05, 0) is 24.1 Å². The van der Waals surface area contributed by atoms with Gasteiger partial charge in [0.15, 0.2) is 0 Å². The molecule has 1 rings (SSSR count). The zero-order valence-electron chi connectivity index (χ0n) is 10.5. The van der Waals surface area contributed by atoms with Crippen LogP contribution in [0.4, 0.5) is 13.2 Å². The molecule has 0 fully saturated rings. The van der Waals surface area contributed by atoms with Crippen molar-refractivity contribution >= 4 is 39.1 Å². The molecule has 114 valence electrons. The average molecular weight is 394 g/mol. The maximum absolute atomic E-state index is 12.0. The molecule has 0 atom stereocenters. The van der Waals surface area contributed by atoms with Gasteiger partial charge in [-0.3, -0.25) is 0 Å². The van der Waals surface area contributed by atoms with E-state index in [4.69, 9.17) is 23.2 Å². The quantitative estimate of drug-likeness (QED) is 0.460. The Morgan fingerprint density at radius 2 is 1.60 bits per heavy atom. The van der Waals surface area contributed by atoms with Gasteiger partial charge < -0.3 is 4.74 Å². The largest absolute Gasteiger partial charge is 0.411 e. The summed E-state index contributed by atoms with van der Waals surface area (Å²) in [5.41, 5.74) is 0.302. The Kier molecular flexibility index (Phi) is 7.12. The van der Waals surface area contributed by atoms with Gasteiger partial charge in [-0.15, -0.1) is 23.2 Å². The highest BCUT2D eigenvalue weighted by Gasteiger charge is 2.32. The molecule has 1 nitrogen and oxygen atoms in total. The Hall–Kier alpha value is 0.0300. The zero-order chi connectivity index (χ0) is 15.2. The SMILES string of the molecule is FC(F)(F)COCCC(CCl)(CCl)c1ccc(Br)cc1. The molecular formula is C13H14BrCl2F3O. The lowest BCUT2D eigenvalue weighted by atomic mass is 9.81. The highest BCUT2D eigenvalue weighted by atomic mass is 79.9. The maximum Gasteiger partial charge on any atom is 0.411 e. The van der Waals surface area contributed by atoms with Gasteiger partial charge in [0.1, 0.15) is 6.61 Å². The van der Waals surface area contributed by atoms with Crippen molar-refractivity contribution in [3.05, 3.63) is 34.3 Å². The van der Waals surface area contributed by atoms with Gasteiger partial charge in [0, 0.05) is 28.3 Å². The summed E-state index contributed by atoms with van der Waals surface area (Å²) in [4.78, 5) is 0. The first-order chi connectivity index (χ1) is 9.33. The summed E-state index contributed by atoms with van der Waals surface area (Å²) in [7, 11) is 0. The van der Waals surface area contributed by atoms with Crippen LogP contribution in [-0.4, -0.2) is 31.2 Å². The first kappa shape index (κ1) is 18.1. The fourth-order valence-corrected chi connectivity index (χ4v) is 2.85. The monoisotopic (exact) mass is 392 g/mol. The van der Waals surface area contributed by atoms with E-state index in [1.165, 1.54) is 0 Å². The van der Waals surface area contributed by atoms with Crippen LogP contribution in [0.15, 0.2) is 28.7 Å². The van der Waals surface area contributed by atoms with Crippen molar-refractivity contribution in [3.8, 4) is 0 Å². The number of hydrogen-bond acceptors (Lipinski definition) is 1. The molecule has 0 unspecified atom stereocenters. The van der Waals surface area contributed by atoms with Crippen molar-refractivity contribution < 1.29 is 17.9 Å². The third-order valence-corrected chi connectivity index (χ3v) is 4.51. The molecule has 0 bridgehead atoms. The molecule has 0 aliphatic heterocycles. The fraction of sp³-hybridized carbons (Fsp3) is 0.538. The summed E-state index contributed by atoms with van der Waals surface area (Å²) in [6.07, 6.45) is -3.99. The first-order valence-electron chi connectivity index (χ1n) is 5.85. The third kappa shape index (κ3) is 5.43. The van der Waals surface area contributed by atoms with Gasteiger partial charge in [-0.1, -0.05) is 28.1 Å². The lowest BCUT2D eigenvalue weighted by Gasteiger charge is -2.30. The molecule has 0 aliphatic rings. The molecule has 0 saturated heterocycles. The summed E-state index contributed by atoms with van der Waals surface area (Å²) in [5, 5.41) is 0. The van der Waals surface area contributed by atoms with Gasteiger partial charge in [0.2, 0.25) is 0 Å². The van der Waals surface area contributed by atoms with E-state index in [-0.39, 0.29) is 18.4 Å². The van der Waals surface area contributed by atoms with E-state index in [0.29, 0.717) is 6.42 Å². The summed E-state index contributed by atoms with van der Waals surface area (Å²) < 4.78 is 41.6. The molecule has 0 saturated carbocycles. The minimum Gasteiger partial charge on any atom is -0.372 e. The minimum absolute atomic E-state index is 0.0466. The zero-order valence-corrected chi connectivity index (χ0v) is 13.6. The molecule has 0 N–H and O–H groups in total. The smallest absolute Gasteiger partial charge is 0.372 e. The number of halogens is 6. The minimum atomic E-state index is -4.32. The van der Waals surface area contributed by atoms with Crippen molar-refractivity contribution in [2.24, 2.45) is 0 Å². The van der Waals surface area contributed by atoms with Crippen molar-refractivity contribution in [1.82, 2.24) is 0 Å². The lowest BCUT2D eigenvalue weighted by Crippen LogP contribution is -2.33. The number of alkyl halides is 5. The van der Waals surface area contributed by atoms with Crippen LogP contribution in [0.3, 0.4) is 0 Å². The Bertz CT molecular complexity index is 405. The second-order valence-electron chi connectivity index (χ2n) is 4.47. The predicted molar refractivity (Wildman–Crippen MR) is 78.8 cm³/mol. The van der Waals surface area contributed by atoms with Crippen LogP contribution in [0.25, 0.3) is 0 Å². The van der Waals surface area contributed by atoms with E-state index in [1.807, 2.05) is 24.3 Å². The molecule has 7 heteroatoms. The second-order valence-corrected chi connectivity index (χ2v) is 5.92. The second kappa shape index (κ2) is 7.87. The van der Waals surface area contributed by atoms with E-state index in [2.05, 4.69) is 20.7 Å². The van der Waals surface area contributed by atoms with Crippen molar-refractivity contribution in [1.29, 1.82) is 0 Å². The standard InChI is InChI=1S/C13H14BrCl2F3O/c14-11-3-1-10(2-4-11)12(7-15,8-16)5-6-20-9-13(17,18)19/h1-4H,5-9H2. The summed E-state index contributed by atoms with van der Waals surface area (Å²) >= 11 is 15.3. The van der Waals surface area contributed by atoms with E-state index in [0.717, 1.165) is 10.0 Å². The van der Waals surface area contributed by atoms with Gasteiger partial charge >= 0.3 is 6.18 Å². The Labute approximate surface area is 134 Å². The highest BCUT2D eigenvalue weighted by molar-refractivity contribution is 9.10. The van der Waals surface area contributed by atoms with Crippen molar-refractivity contribution in [3.63, 3.8) is 0 Å². The lowest BCUT2D eigenvalue weighted by molar-refractivity contribution is -0.174. The average Bonchev–Trinajstić information content (AvgIpc) is 2.40. The highest BCUT2D eigenvalue weighted by Crippen LogP contribution is 2.32. The number of rotatable bonds is 7. The van der Waals surface area contributed by atoms with Crippen molar-refractivity contribution in [2.75, 3.05) is 25.0 Å². The summed E-state index contributed by atoms with van der Waals surface area (Å²) in [6, 6.07) is 7.41. The van der Waals surface area contributed by atoms with E-state index in [1.54, 1.807) is 0 Å². The van der Waals surface area contributed by atoms with Crippen LogP contribution in [0, 0.1) is 0 Å². The molecule has 0 aromatic heterocycles. The van der Waals surface area contributed by atoms with Gasteiger partial charge in [0.05, 0.1) is 0 Å². The molecular weight excluding hydrogens is 380 g/mol. The first-order valence-corrected chi connectivity index (χ1v) is 7.72. The van der Waals surface area contributed by atoms with Crippen molar-refractivity contribution in [2.45, 2.75) is 18.0 Å². The normalized spacial score (nSPS) is 12.7. The topological polar surface area (TPSA) is 9.23 Å². The summed E-state index contributed by atoms with van der Waals surface area (Å²) in [6.45, 7) is -1.30. The molecule has 0 radical (unpaired) electrons. The van der Waals surface area contributed by atoms with Crippen LogP contribution >= 0.6 is 39.1 Å². The molecule has 0 aliphatic carbocycles. The molecule has 0 amide bonds. The fourth-order valence-electron chi connectivity index (χ4n) is 1.73. The number of hydrogen-bond donors (Lipinski definition) is 0. The van der Waals surface area contributed by atoms with Crippen LogP contribution in [-0.2, 0) is 10.2 Å². The van der Waals surface area contributed by atoms with Gasteiger partial charge in [-0.2, -0.15) is 13.2 Å². The van der Waals surface area contributed by atoms with Gasteiger partial charge in [-0.25, -0.2) is 0 Å². The van der Waals surface area contributed by atoms with Crippen LogP contribution in [0.1, 0.15) is 12.0 Å². The Balaban J connectivity index is 2.69. The van der Waals surface area contributed by atoms with Gasteiger partial charge in [0.25, 0.3) is 0 Å². The third-order valence-electron chi connectivity index (χ3n) is 2.96. The van der Waals surface area contributed by atoms with Crippen LogP contribution in [0.2, 0.25) is 0 Å². The van der Waals surface area contributed by atoms with E-state index < -0.39 is 18.2 Å². The molecule has 1 aromatic rings. The Morgan fingerprint density at radius 3 is 2.05 bits per heavy atom. The van der Waals surface area contributed by atoms with E-state index >= 15 is 0 Å². The number of ether oxygens (including phenoxy) is 1. The molecule has 0 spiro atoms. The molecule has 20 heavy (non-hydrogen) atoms. The molecule has 1 aromatic carbocycles. The van der Waals surface area contributed by atoms with E-state index in [9.17, 15) is 13.2 Å². The molecule has 0 heterocycles. The number of benzene rings is 1. The van der Waals surface area contributed by atoms with Crippen LogP contribution < -0.4 is 0 Å². The predicted octanol–water partition coefficient (Wildman–Crippen LogP) is 5.13. The van der Waals surface area contributed by atoms with Crippen LogP contribution in [0.5, 0.6) is 0 Å².